The number of fused-ring (bicyclic) bond motifs is 5. The van der Waals surface area contributed by atoms with Crippen molar-refractivity contribution in [2.75, 3.05) is 0 Å². The average molecular weight is 504 g/mol. The molecule has 0 spiro atoms. The summed E-state index contributed by atoms with van der Waals surface area (Å²) in [5, 5.41) is 15.6. The van der Waals surface area contributed by atoms with E-state index in [1.54, 1.807) is 0 Å². The summed E-state index contributed by atoms with van der Waals surface area (Å²) < 4.78 is 5.98. The Hall–Kier alpha value is -1.10. The van der Waals surface area contributed by atoms with Crippen LogP contribution in [0.1, 0.15) is 119 Å². The van der Waals surface area contributed by atoms with Crippen molar-refractivity contribution >= 4 is 11.9 Å². The lowest BCUT2D eigenvalue weighted by molar-refractivity contribution is -0.268. The van der Waals surface area contributed by atoms with Gasteiger partial charge in [0.2, 0.25) is 5.91 Å². The van der Waals surface area contributed by atoms with Gasteiger partial charge in [0.05, 0.1) is 6.04 Å². The van der Waals surface area contributed by atoms with E-state index in [0.29, 0.717) is 23.2 Å². The Bertz CT molecular complexity index is 827. The number of carbonyl (C=O) groups is 2. The Morgan fingerprint density at radius 3 is 2.36 bits per heavy atom. The first-order chi connectivity index (χ1) is 16.8. The van der Waals surface area contributed by atoms with Crippen molar-refractivity contribution in [3.8, 4) is 0 Å². The van der Waals surface area contributed by atoms with Crippen molar-refractivity contribution in [3.63, 3.8) is 0 Å². The maximum atomic E-state index is 12.5. The number of esters is 1. The molecule has 0 saturated heterocycles. The first-order valence-corrected chi connectivity index (χ1v) is 15.0. The maximum absolute atomic E-state index is 12.5. The van der Waals surface area contributed by atoms with Gasteiger partial charge in [0, 0.05) is 19.3 Å². The minimum atomic E-state index is -1.22. The minimum Gasteiger partial charge on any atom is -0.459 e. The summed E-state index contributed by atoms with van der Waals surface area (Å²) in [6.07, 6.45) is 11.7. The second-order valence-electron chi connectivity index (χ2n) is 14.1. The molecule has 0 unspecified atom stereocenters. The molecule has 0 aromatic rings. The molecule has 206 valence electrons. The predicted molar refractivity (Wildman–Crippen MR) is 143 cm³/mol. The normalized spacial score (nSPS) is 44.8. The van der Waals surface area contributed by atoms with Gasteiger partial charge in [-0.2, -0.15) is 0 Å². The number of amides is 1. The summed E-state index contributed by atoms with van der Waals surface area (Å²) in [4.78, 5) is 24.4. The summed E-state index contributed by atoms with van der Waals surface area (Å²) in [7, 11) is 0. The summed E-state index contributed by atoms with van der Waals surface area (Å²) in [6, 6.07) is -0.371. The number of nitrogens with one attached hydrogen (secondary N) is 1. The highest BCUT2D eigenvalue weighted by molar-refractivity contribution is 5.73. The van der Waals surface area contributed by atoms with Crippen LogP contribution in [0.15, 0.2) is 0 Å². The number of hydrogen-bond donors (Lipinski definition) is 2. The molecular weight excluding hydrogens is 450 g/mol. The molecule has 5 nitrogen and oxygen atoms in total. The molecule has 36 heavy (non-hydrogen) atoms. The molecule has 5 heteroatoms. The fraction of sp³-hybridized carbons (Fsp3) is 0.935. The highest BCUT2D eigenvalue weighted by Gasteiger charge is 2.70. The lowest BCUT2D eigenvalue weighted by atomic mass is 9.41. The second-order valence-corrected chi connectivity index (χ2v) is 14.1. The third-order valence-electron chi connectivity index (χ3n) is 11.8. The van der Waals surface area contributed by atoms with Gasteiger partial charge in [-0.1, -0.05) is 60.3 Å². The molecule has 0 bridgehead atoms. The van der Waals surface area contributed by atoms with Crippen molar-refractivity contribution in [1.82, 2.24) is 5.32 Å². The van der Waals surface area contributed by atoms with E-state index in [9.17, 15) is 14.7 Å². The Balaban J connectivity index is 1.63. The molecule has 4 aliphatic carbocycles. The van der Waals surface area contributed by atoms with Gasteiger partial charge < -0.3 is 15.2 Å². The second kappa shape index (κ2) is 10.2. The van der Waals surface area contributed by atoms with Gasteiger partial charge in [0.1, 0.15) is 11.7 Å². The summed E-state index contributed by atoms with van der Waals surface area (Å²) in [5.41, 5.74) is -1.26. The molecule has 1 amide bonds. The third-order valence-corrected chi connectivity index (χ3v) is 11.8. The predicted octanol–water partition coefficient (Wildman–Crippen LogP) is 6.27. The molecule has 0 aromatic heterocycles. The lowest BCUT2D eigenvalue weighted by Gasteiger charge is -2.66. The van der Waals surface area contributed by atoms with Gasteiger partial charge in [0.25, 0.3) is 0 Å². The molecule has 4 rings (SSSR count). The molecule has 4 aliphatic rings. The van der Waals surface area contributed by atoms with Crippen molar-refractivity contribution in [2.24, 2.45) is 46.3 Å². The first-order valence-electron chi connectivity index (χ1n) is 15.0. The zero-order valence-electron chi connectivity index (χ0n) is 24.1. The standard InChI is InChI=1S/C31H53NO4/c1-19(2)10-8-11-20(3)24-13-14-25-23-18-28(36-22(5)34)31(35)27(32-21(4)33)12-9-16-30(31,7)26(23)15-17-29(24,25)6/h19-20,23-28,35H,8-18H2,1-7H3,(H,32,33)/t20-,23-,24+,25+,26-,27+,28-,29-,30-,31-/m1/s1. The molecular formula is C31H53NO4. The molecule has 0 radical (unpaired) electrons. The highest BCUT2D eigenvalue weighted by Crippen LogP contribution is 2.69. The molecule has 10 atom stereocenters. The number of rotatable bonds is 7. The van der Waals surface area contributed by atoms with E-state index in [-0.39, 0.29) is 23.3 Å². The van der Waals surface area contributed by atoms with Gasteiger partial charge in [-0.05, 0) is 85.9 Å². The van der Waals surface area contributed by atoms with Crippen LogP contribution in [0.3, 0.4) is 0 Å². The Morgan fingerprint density at radius 1 is 1.00 bits per heavy atom. The maximum Gasteiger partial charge on any atom is 0.303 e. The molecule has 4 saturated carbocycles. The van der Waals surface area contributed by atoms with Crippen LogP contribution >= 0.6 is 0 Å². The Kier molecular flexibility index (Phi) is 7.93. The largest absolute Gasteiger partial charge is 0.459 e. The number of carbonyl (C=O) groups excluding carboxylic acids is 2. The smallest absolute Gasteiger partial charge is 0.303 e. The van der Waals surface area contributed by atoms with Crippen molar-refractivity contribution < 1.29 is 19.4 Å². The number of hydrogen-bond acceptors (Lipinski definition) is 4. The molecule has 4 fully saturated rings. The zero-order valence-corrected chi connectivity index (χ0v) is 24.1. The van der Waals surface area contributed by atoms with E-state index >= 15 is 0 Å². The first kappa shape index (κ1) is 27.9. The number of aliphatic hydroxyl groups is 1. The molecule has 0 aromatic carbocycles. The fourth-order valence-corrected chi connectivity index (χ4v) is 10.2. The van der Waals surface area contributed by atoms with Crippen LogP contribution in [0.5, 0.6) is 0 Å². The Morgan fingerprint density at radius 2 is 1.72 bits per heavy atom. The van der Waals surface area contributed by atoms with Crippen LogP contribution in [-0.4, -0.2) is 34.7 Å². The highest BCUT2D eigenvalue weighted by atomic mass is 16.6. The lowest BCUT2D eigenvalue weighted by Crippen LogP contribution is -2.75. The summed E-state index contributed by atoms with van der Waals surface area (Å²) in [5.74, 6) is 3.31. The topological polar surface area (TPSA) is 75.6 Å². The van der Waals surface area contributed by atoms with E-state index in [1.807, 2.05) is 0 Å². The molecule has 0 heterocycles. The zero-order chi connectivity index (χ0) is 26.5. The van der Waals surface area contributed by atoms with Crippen LogP contribution in [0.4, 0.5) is 0 Å². The SMILES string of the molecule is CC(=O)N[C@H]1CCC[C@]2(C)[C@@H]3CC[C@@]4(C)[C@@H](CC[C@H]4[C@H](C)CCCC(C)C)[C@H]3C[C@@H](OC(C)=O)[C@]12O. The van der Waals surface area contributed by atoms with Gasteiger partial charge in [-0.15, -0.1) is 0 Å². The van der Waals surface area contributed by atoms with E-state index in [4.69, 9.17) is 4.74 Å². The van der Waals surface area contributed by atoms with Crippen molar-refractivity contribution in [1.29, 1.82) is 0 Å². The van der Waals surface area contributed by atoms with Crippen LogP contribution in [0.25, 0.3) is 0 Å². The summed E-state index contributed by atoms with van der Waals surface area (Å²) in [6.45, 7) is 14.9. The van der Waals surface area contributed by atoms with E-state index in [1.165, 1.54) is 52.4 Å². The van der Waals surface area contributed by atoms with Gasteiger partial charge >= 0.3 is 5.97 Å². The average Bonchev–Trinajstić information content (AvgIpc) is 3.12. The monoisotopic (exact) mass is 503 g/mol. The third kappa shape index (κ3) is 4.54. The van der Waals surface area contributed by atoms with Crippen LogP contribution in [0, 0.1) is 46.3 Å². The number of ether oxygens (including phenoxy) is 1. The van der Waals surface area contributed by atoms with Crippen molar-refractivity contribution in [2.45, 2.75) is 137 Å². The summed E-state index contributed by atoms with van der Waals surface area (Å²) >= 11 is 0. The van der Waals surface area contributed by atoms with Crippen molar-refractivity contribution in [3.05, 3.63) is 0 Å². The van der Waals surface area contributed by atoms with Gasteiger partial charge in [0.15, 0.2) is 0 Å². The van der Waals surface area contributed by atoms with E-state index in [2.05, 4.69) is 39.9 Å². The minimum absolute atomic E-state index is 0.123. The molecule has 0 aliphatic heterocycles. The van der Waals surface area contributed by atoms with Gasteiger partial charge in [-0.3, -0.25) is 9.59 Å². The van der Waals surface area contributed by atoms with E-state index < -0.39 is 11.7 Å². The van der Waals surface area contributed by atoms with E-state index in [0.717, 1.165) is 49.9 Å². The Labute approximate surface area is 219 Å². The fourth-order valence-electron chi connectivity index (χ4n) is 10.2. The molecule has 2 N–H and O–H groups in total. The van der Waals surface area contributed by atoms with Gasteiger partial charge in [-0.25, -0.2) is 0 Å². The van der Waals surface area contributed by atoms with Crippen LogP contribution in [-0.2, 0) is 14.3 Å². The van der Waals surface area contributed by atoms with Crippen LogP contribution in [0.2, 0.25) is 0 Å². The van der Waals surface area contributed by atoms with Crippen LogP contribution < -0.4 is 5.32 Å². The quantitative estimate of drug-likeness (QED) is 0.402.